The highest BCUT2D eigenvalue weighted by atomic mass is 19.1. The highest BCUT2D eigenvalue weighted by Gasteiger charge is 2.38. The van der Waals surface area contributed by atoms with Crippen molar-refractivity contribution in [2.24, 2.45) is 11.1 Å². The maximum atomic E-state index is 13.8. The van der Waals surface area contributed by atoms with E-state index in [1.54, 1.807) is 4.90 Å². The fraction of sp³-hybridized carbons (Fsp3) is 0.556. The SMILES string of the molecule is CCC(CC)(CN)C(=O)N1CCN(C(=O)c2c(F)cccc2F)CC1. The first kappa shape index (κ1) is 19.3. The third kappa shape index (κ3) is 3.66. The van der Waals surface area contributed by atoms with Gasteiger partial charge < -0.3 is 15.5 Å². The first-order chi connectivity index (χ1) is 11.9. The Bertz CT molecular complexity index is 611. The average Bonchev–Trinajstić information content (AvgIpc) is 2.63. The van der Waals surface area contributed by atoms with Crippen molar-refractivity contribution in [3.05, 3.63) is 35.4 Å². The first-order valence-electron chi connectivity index (χ1n) is 8.63. The molecule has 1 saturated heterocycles. The van der Waals surface area contributed by atoms with Crippen LogP contribution in [0.1, 0.15) is 37.0 Å². The highest BCUT2D eigenvalue weighted by Crippen LogP contribution is 2.28. The molecule has 1 heterocycles. The lowest BCUT2D eigenvalue weighted by molar-refractivity contribution is -0.143. The molecule has 25 heavy (non-hydrogen) atoms. The lowest BCUT2D eigenvalue weighted by Gasteiger charge is -2.40. The van der Waals surface area contributed by atoms with E-state index in [9.17, 15) is 18.4 Å². The number of carbonyl (C=O) groups is 2. The second-order valence-electron chi connectivity index (χ2n) is 6.37. The summed E-state index contributed by atoms with van der Waals surface area (Å²) in [6.45, 7) is 5.31. The van der Waals surface area contributed by atoms with Crippen LogP contribution < -0.4 is 5.73 Å². The van der Waals surface area contributed by atoms with Crippen molar-refractivity contribution in [2.75, 3.05) is 32.7 Å². The van der Waals surface area contributed by atoms with Crippen molar-refractivity contribution in [2.45, 2.75) is 26.7 Å². The quantitative estimate of drug-likeness (QED) is 0.881. The van der Waals surface area contributed by atoms with Gasteiger partial charge >= 0.3 is 0 Å². The molecule has 7 heteroatoms. The summed E-state index contributed by atoms with van der Waals surface area (Å²) in [5.74, 6) is -2.44. The zero-order valence-corrected chi connectivity index (χ0v) is 14.7. The minimum absolute atomic E-state index is 0.0100. The third-order valence-corrected chi connectivity index (χ3v) is 5.23. The van der Waals surface area contributed by atoms with Gasteiger partial charge in [0.2, 0.25) is 5.91 Å². The van der Waals surface area contributed by atoms with Gasteiger partial charge in [-0.3, -0.25) is 9.59 Å². The van der Waals surface area contributed by atoms with E-state index in [-0.39, 0.29) is 25.5 Å². The summed E-state index contributed by atoms with van der Waals surface area (Å²) in [4.78, 5) is 28.3. The number of nitrogens with two attached hydrogens (primary N) is 1. The largest absolute Gasteiger partial charge is 0.339 e. The Kier molecular flexibility index (Phi) is 6.11. The molecule has 0 unspecified atom stereocenters. The van der Waals surface area contributed by atoms with Crippen LogP contribution in [0.5, 0.6) is 0 Å². The molecule has 1 aromatic carbocycles. The fourth-order valence-corrected chi connectivity index (χ4v) is 3.24. The molecule has 0 bridgehead atoms. The van der Waals surface area contributed by atoms with Gasteiger partial charge in [0.05, 0.1) is 5.41 Å². The Morgan fingerprint density at radius 1 is 1.04 bits per heavy atom. The molecule has 0 aliphatic carbocycles. The fourth-order valence-electron chi connectivity index (χ4n) is 3.24. The van der Waals surface area contributed by atoms with Gasteiger partial charge in [0.15, 0.2) is 0 Å². The number of benzene rings is 1. The van der Waals surface area contributed by atoms with Gasteiger partial charge in [-0.05, 0) is 25.0 Å². The van der Waals surface area contributed by atoms with E-state index in [0.717, 1.165) is 12.1 Å². The van der Waals surface area contributed by atoms with Gasteiger partial charge in [-0.25, -0.2) is 8.78 Å². The molecule has 5 nitrogen and oxygen atoms in total. The lowest BCUT2D eigenvalue weighted by Crippen LogP contribution is -2.55. The Hall–Kier alpha value is -2.02. The van der Waals surface area contributed by atoms with Gasteiger partial charge in [0, 0.05) is 32.7 Å². The number of amides is 2. The summed E-state index contributed by atoms with van der Waals surface area (Å²) < 4.78 is 27.6. The number of halogens is 2. The molecule has 1 aliphatic rings. The predicted octanol–water partition coefficient (Wildman–Crippen LogP) is 2.01. The van der Waals surface area contributed by atoms with Crippen molar-refractivity contribution in [1.82, 2.24) is 9.80 Å². The molecule has 2 amide bonds. The molecule has 138 valence electrons. The maximum Gasteiger partial charge on any atom is 0.259 e. The van der Waals surface area contributed by atoms with E-state index < -0.39 is 28.5 Å². The molecule has 0 aromatic heterocycles. The molecular weight excluding hydrogens is 328 g/mol. The molecule has 1 aliphatic heterocycles. The van der Waals surface area contributed by atoms with E-state index in [1.807, 2.05) is 13.8 Å². The Balaban J connectivity index is 2.07. The van der Waals surface area contributed by atoms with E-state index >= 15 is 0 Å². The van der Waals surface area contributed by atoms with Gasteiger partial charge in [-0.15, -0.1) is 0 Å². The molecule has 0 atom stereocenters. The van der Waals surface area contributed by atoms with E-state index in [4.69, 9.17) is 5.73 Å². The normalized spacial score (nSPS) is 15.4. The van der Waals surface area contributed by atoms with Crippen LogP contribution in [0.2, 0.25) is 0 Å². The molecule has 2 N–H and O–H groups in total. The molecule has 0 spiro atoms. The van der Waals surface area contributed by atoms with Gasteiger partial charge in [-0.2, -0.15) is 0 Å². The van der Waals surface area contributed by atoms with E-state index in [2.05, 4.69) is 0 Å². The van der Waals surface area contributed by atoms with Crippen molar-refractivity contribution >= 4 is 11.8 Å². The Morgan fingerprint density at radius 3 is 1.96 bits per heavy atom. The summed E-state index contributed by atoms with van der Waals surface area (Å²) >= 11 is 0. The Morgan fingerprint density at radius 2 is 1.52 bits per heavy atom. The number of hydrogen-bond donors (Lipinski definition) is 1. The lowest BCUT2D eigenvalue weighted by atomic mass is 9.81. The van der Waals surface area contributed by atoms with Crippen LogP contribution in [0.3, 0.4) is 0 Å². The number of hydrogen-bond acceptors (Lipinski definition) is 3. The molecule has 0 saturated carbocycles. The number of rotatable bonds is 5. The summed E-state index contributed by atoms with van der Waals surface area (Å²) in [6.07, 6.45) is 1.30. The summed E-state index contributed by atoms with van der Waals surface area (Å²) in [5.41, 5.74) is 4.71. The summed E-state index contributed by atoms with van der Waals surface area (Å²) in [5, 5.41) is 0. The van der Waals surface area contributed by atoms with Crippen LogP contribution >= 0.6 is 0 Å². The molecule has 1 aromatic rings. The van der Waals surface area contributed by atoms with Crippen LogP contribution in [0.15, 0.2) is 18.2 Å². The predicted molar refractivity (Wildman–Crippen MR) is 90.9 cm³/mol. The van der Waals surface area contributed by atoms with Crippen molar-refractivity contribution < 1.29 is 18.4 Å². The summed E-state index contributed by atoms with van der Waals surface area (Å²) in [6, 6.07) is 3.35. The number of piperazine rings is 1. The highest BCUT2D eigenvalue weighted by molar-refractivity contribution is 5.95. The second-order valence-corrected chi connectivity index (χ2v) is 6.37. The van der Waals surface area contributed by atoms with Gasteiger partial charge in [0.1, 0.15) is 17.2 Å². The minimum Gasteiger partial charge on any atom is -0.339 e. The first-order valence-corrected chi connectivity index (χ1v) is 8.63. The van der Waals surface area contributed by atoms with Crippen molar-refractivity contribution in [1.29, 1.82) is 0 Å². The zero-order valence-electron chi connectivity index (χ0n) is 14.7. The Labute approximate surface area is 146 Å². The van der Waals surface area contributed by atoms with Gasteiger partial charge in [-0.1, -0.05) is 19.9 Å². The van der Waals surface area contributed by atoms with Crippen LogP contribution in [-0.4, -0.2) is 54.3 Å². The van der Waals surface area contributed by atoms with Crippen LogP contribution in [0.25, 0.3) is 0 Å². The molecule has 2 rings (SSSR count). The van der Waals surface area contributed by atoms with E-state index in [1.165, 1.54) is 11.0 Å². The smallest absolute Gasteiger partial charge is 0.259 e. The summed E-state index contributed by atoms with van der Waals surface area (Å²) in [7, 11) is 0. The maximum absolute atomic E-state index is 13.8. The monoisotopic (exact) mass is 353 g/mol. The minimum atomic E-state index is -0.873. The topological polar surface area (TPSA) is 66.6 Å². The average molecular weight is 353 g/mol. The van der Waals surface area contributed by atoms with Crippen LogP contribution in [0, 0.1) is 17.0 Å². The standard InChI is InChI=1S/C18H25F2N3O2/c1-3-18(4-2,12-21)17(25)23-10-8-22(9-11-23)16(24)15-13(19)6-5-7-14(15)20/h5-7H,3-4,8-12,21H2,1-2H3. The van der Waals surface area contributed by atoms with Crippen LogP contribution in [-0.2, 0) is 4.79 Å². The number of nitrogens with zero attached hydrogens (tertiary/aromatic N) is 2. The third-order valence-electron chi connectivity index (χ3n) is 5.23. The molecule has 1 fully saturated rings. The molecule has 0 radical (unpaired) electrons. The van der Waals surface area contributed by atoms with Crippen molar-refractivity contribution in [3.8, 4) is 0 Å². The van der Waals surface area contributed by atoms with Crippen LogP contribution in [0.4, 0.5) is 8.78 Å². The van der Waals surface area contributed by atoms with E-state index in [0.29, 0.717) is 25.9 Å². The van der Waals surface area contributed by atoms with Gasteiger partial charge in [0.25, 0.3) is 5.91 Å². The van der Waals surface area contributed by atoms with Crippen molar-refractivity contribution in [3.63, 3.8) is 0 Å². The zero-order chi connectivity index (χ0) is 18.6. The molecular formula is C18H25F2N3O2. The second kappa shape index (κ2) is 7.91. The number of carbonyl (C=O) groups excluding carboxylic acids is 2.